The molecule has 2 rings (SSSR count). The van der Waals surface area contributed by atoms with Gasteiger partial charge >= 0.3 is 0 Å². The fourth-order valence-corrected chi connectivity index (χ4v) is 2.30. The molecule has 1 amide bonds. The van der Waals surface area contributed by atoms with E-state index in [0.717, 1.165) is 38.9 Å². The molecule has 2 fully saturated rings. The summed E-state index contributed by atoms with van der Waals surface area (Å²) in [4.78, 5) is 11.0. The van der Waals surface area contributed by atoms with Crippen molar-refractivity contribution >= 4 is 5.91 Å². The highest BCUT2D eigenvalue weighted by Crippen LogP contribution is 2.32. The molecule has 13 heavy (non-hydrogen) atoms. The van der Waals surface area contributed by atoms with E-state index in [1.54, 1.807) is 0 Å². The van der Waals surface area contributed by atoms with Crippen molar-refractivity contribution in [2.75, 3.05) is 13.2 Å². The lowest BCUT2D eigenvalue weighted by atomic mass is 9.89. The topological polar surface area (TPSA) is 64.4 Å². The summed E-state index contributed by atoms with van der Waals surface area (Å²) in [7, 11) is 0. The quantitative estimate of drug-likeness (QED) is 0.592. The van der Waals surface area contributed by atoms with Crippen molar-refractivity contribution < 1.29 is 9.53 Å². The molecule has 4 nitrogen and oxygen atoms in total. The van der Waals surface area contributed by atoms with Gasteiger partial charge in [0.15, 0.2) is 0 Å². The van der Waals surface area contributed by atoms with E-state index in [-0.39, 0.29) is 17.5 Å². The van der Waals surface area contributed by atoms with Crippen LogP contribution >= 0.6 is 0 Å². The van der Waals surface area contributed by atoms with E-state index in [0.29, 0.717) is 0 Å². The molecule has 0 aromatic heterocycles. The smallest absolute Gasteiger partial charge is 0.234 e. The average Bonchev–Trinajstić information content (AvgIpc) is 2.51. The molecule has 74 valence electrons. The van der Waals surface area contributed by atoms with Crippen LogP contribution < -0.4 is 11.1 Å². The van der Waals surface area contributed by atoms with Gasteiger partial charge < -0.3 is 15.8 Å². The van der Waals surface area contributed by atoms with Gasteiger partial charge in [0.05, 0.1) is 6.04 Å². The molecular formula is C9H16N2O2. The van der Waals surface area contributed by atoms with Gasteiger partial charge in [-0.15, -0.1) is 0 Å². The highest BCUT2D eigenvalue weighted by Gasteiger charge is 2.41. The molecular weight excluding hydrogens is 168 g/mol. The minimum absolute atomic E-state index is 0.113. The normalized spacial score (nSPS) is 32.2. The van der Waals surface area contributed by atoms with Crippen molar-refractivity contribution in [1.29, 1.82) is 0 Å². The molecule has 1 spiro atoms. The van der Waals surface area contributed by atoms with Crippen LogP contribution in [0.5, 0.6) is 0 Å². The zero-order valence-electron chi connectivity index (χ0n) is 7.71. The lowest BCUT2D eigenvalue weighted by Gasteiger charge is -2.34. The summed E-state index contributed by atoms with van der Waals surface area (Å²) in [5, 5.41) is 3.35. The summed E-state index contributed by atoms with van der Waals surface area (Å²) in [6.45, 7) is 1.61. The molecule has 2 aliphatic heterocycles. The Morgan fingerprint density at radius 1 is 1.38 bits per heavy atom. The van der Waals surface area contributed by atoms with E-state index in [2.05, 4.69) is 5.32 Å². The molecule has 1 unspecified atom stereocenters. The van der Waals surface area contributed by atoms with E-state index in [1.807, 2.05) is 0 Å². The van der Waals surface area contributed by atoms with Gasteiger partial charge in [0.2, 0.25) is 5.91 Å². The number of nitrogens with one attached hydrogen (secondary N) is 1. The summed E-state index contributed by atoms with van der Waals surface area (Å²) in [6.07, 6.45) is 3.97. The van der Waals surface area contributed by atoms with Crippen molar-refractivity contribution in [1.82, 2.24) is 5.32 Å². The predicted octanol–water partition coefficient (Wildman–Crippen LogP) is -0.227. The van der Waals surface area contributed by atoms with Crippen LogP contribution in [-0.2, 0) is 9.53 Å². The van der Waals surface area contributed by atoms with E-state index in [1.165, 1.54) is 0 Å². The van der Waals surface area contributed by atoms with Gasteiger partial charge in [-0.2, -0.15) is 0 Å². The van der Waals surface area contributed by atoms with Gasteiger partial charge in [0, 0.05) is 18.8 Å². The molecule has 2 saturated heterocycles. The second kappa shape index (κ2) is 3.27. The third kappa shape index (κ3) is 1.69. The maximum Gasteiger partial charge on any atom is 0.234 e. The average molecular weight is 184 g/mol. The zero-order valence-corrected chi connectivity index (χ0v) is 7.71. The number of primary amides is 1. The standard InChI is InChI=1S/C9H16N2O2/c10-8(12)7-1-2-9(11-7)3-5-13-6-4-9/h7,11H,1-6H2,(H2,10,12). The molecule has 0 radical (unpaired) electrons. The largest absolute Gasteiger partial charge is 0.381 e. The number of hydrogen-bond acceptors (Lipinski definition) is 3. The lowest BCUT2D eigenvalue weighted by molar-refractivity contribution is -0.120. The van der Waals surface area contributed by atoms with Crippen LogP contribution in [0.2, 0.25) is 0 Å². The Labute approximate surface area is 77.8 Å². The minimum Gasteiger partial charge on any atom is -0.381 e. The lowest BCUT2D eigenvalue weighted by Crippen LogP contribution is -2.50. The number of hydrogen-bond donors (Lipinski definition) is 2. The Hall–Kier alpha value is -0.610. The molecule has 0 saturated carbocycles. The highest BCUT2D eigenvalue weighted by atomic mass is 16.5. The van der Waals surface area contributed by atoms with Crippen LogP contribution in [0.25, 0.3) is 0 Å². The monoisotopic (exact) mass is 184 g/mol. The Kier molecular flexibility index (Phi) is 2.26. The maximum absolute atomic E-state index is 11.0. The van der Waals surface area contributed by atoms with Gasteiger partial charge in [0.25, 0.3) is 0 Å². The SMILES string of the molecule is NC(=O)C1CCC2(CCOCC2)N1. The van der Waals surface area contributed by atoms with Crippen molar-refractivity contribution in [3.63, 3.8) is 0 Å². The summed E-state index contributed by atoms with van der Waals surface area (Å²) >= 11 is 0. The second-order valence-electron chi connectivity index (χ2n) is 4.03. The first-order valence-corrected chi connectivity index (χ1v) is 4.87. The number of nitrogens with two attached hydrogens (primary N) is 1. The predicted molar refractivity (Wildman–Crippen MR) is 48.1 cm³/mol. The van der Waals surface area contributed by atoms with Crippen molar-refractivity contribution in [2.24, 2.45) is 5.73 Å². The number of carbonyl (C=O) groups is 1. The molecule has 0 aromatic rings. The Bertz CT molecular complexity index is 212. The number of amides is 1. The molecule has 4 heteroatoms. The molecule has 0 aromatic carbocycles. The molecule has 0 bridgehead atoms. The van der Waals surface area contributed by atoms with Crippen LogP contribution in [0.15, 0.2) is 0 Å². The number of ether oxygens (including phenoxy) is 1. The fraction of sp³-hybridized carbons (Fsp3) is 0.889. The van der Waals surface area contributed by atoms with Crippen LogP contribution in [-0.4, -0.2) is 30.7 Å². The first kappa shape index (κ1) is 8.97. The third-order valence-electron chi connectivity index (χ3n) is 3.19. The summed E-state index contributed by atoms with van der Waals surface area (Å²) in [6, 6.07) is -0.113. The molecule has 3 N–H and O–H groups in total. The second-order valence-corrected chi connectivity index (χ2v) is 4.03. The molecule has 1 atom stereocenters. The Morgan fingerprint density at radius 3 is 2.62 bits per heavy atom. The van der Waals surface area contributed by atoms with Crippen LogP contribution in [0.1, 0.15) is 25.7 Å². The van der Waals surface area contributed by atoms with Crippen LogP contribution in [0, 0.1) is 0 Å². The van der Waals surface area contributed by atoms with Gasteiger partial charge in [-0.25, -0.2) is 0 Å². The van der Waals surface area contributed by atoms with E-state index >= 15 is 0 Å². The van der Waals surface area contributed by atoms with Gasteiger partial charge in [-0.3, -0.25) is 4.79 Å². The minimum atomic E-state index is -0.219. The number of carbonyl (C=O) groups excluding carboxylic acids is 1. The summed E-state index contributed by atoms with van der Waals surface area (Å²) in [5.74, 6) is -0.219. The van der Waals surface area contributed by atoms with Gasteiger partial charge in [-0.1, -0.05) is 0 Å². The van der Waals surface area contributed by atoms with Crippen LogP contribution in [0.3, 0.4) is 0 Å². The number of rotatable bonds is 1. The van der Waals surface area contributed by atoms with Crippen LogP contribution in [0.4, 0.5) is 0 Å². The van der Waals surface area contributed by atoms with E-state index in [4.69, 9.17) is 10.5 Å². The van der Waals surface area contributed by atoms with E-state index in [9.17, 15) is 4.79 Å². The van der Waals surface area contributed by atoms with Gasteiger partial charge in [0.1, 0.15) is 0 Å². The third-order valence-corrected chi connectivity index (χ3v) is 3.19. The Morgan fingerprint density at radius 2 is 2.08 bits per heavy atom. The molecule has 0 aliphatic carbocycles. The molecule has 2 aliphatic rings. The molecule has 2 heterocycles. The first-order chi connectivity index (χ1) is 6.22. The van der Waals surface area contributed by atoms with Gasteiger partial charge in [-0.05, 0) is 25.7 Å². The van der Waals surface area contributed by atoms with Crippen molar-refractivity contribution in [2.45, 2.75) is 37.3 Å². The van der Waals surface area contributed by atoms with Crippen molar-refractivity contribution in [3.8, 4) is 0 Å². The fourth-order valence-electron chi connectivity index (χ4n) is 2.30. The maximum atomic E-state index is 11.0. The summed E-state index contributed by atoms with van der Waals surface area (Å²) < 4.78 is 5.30. The Balaban J connectivity index is 1.98. The first-order valence-electron chi connectivity index (χ1n) is 4.87. The zero-order chi connectivity index (χ0) is 9.31. The summed E-state index contributed by atoms with van der Waals surface area (Å²) in [5.41, 5.74) is 5.41. The highest BCUT2D eigenvalue weighted by molar-refractivity contribution is 5.80. The van der Waals surface area contributed by atoms with Crippen molar-refractivity contribution in [3.05, 3.63) is 0 Å². The van der Waals surface area contributed by atoms with E-state index < -0.39 is 0 Å².